The minimum Gasteiger partial charge on any atom is -0.481 e. The number of H-pyrrole nitrogens is 2. The van der Waals surface area contributed by atoms with Crippen LogP contribution >= 0.6 is 0 Å². The van der Waals surface area contributed by atoms with Gasteiger partial charge in [-0.15, -0.1) is 0 Å². The van der Waals surface area contributed by atoms with E-state index in [-0.39, 0.29) is 29.6 Å². The molecule has 4 N–H and O–H groups in total. The van der Waals surface area contributed by atoms with Gasteiger partial charge >= 0.3 is 17.3 Å². The fraction of sp³-hybridized carbons (Fsp3) is 0.706. The van der Waals surface area contributed by atoms with E-state index in [9.17, 15) is 39.4 Å². The largest absolute Gasteiger partial charge is 0.481 e. The number of rotatable bonds is 14. The van der Waals surface area contributed by atoms with E-state index in [1.54, 1.807) is 0 Å². The number of aliphatic carboxylic acids is 1. The lowest BCUT2D eigenvalue weighted by Crippen LogP contribution is -2.49. The molecule has 0 unspecified atom stereocenters. The third-order valence-electron chi connectivity index (χ3n) is 11.4. The first-order valence-corrected chi connectivity index (χ1v) is 24.0. The molecule has 55 heavy (non-hydrogen) atoms. The number of hydrogen-bond donors (Lipinski definition) is 4. The zero-order chi connectivity index (χ0) is 41.3. The van der Waals surface area contributed by atoms with Crippen LogP contribution in [0.4, 0.5) is 0 Å². The number of amides is 1. The molecule has 8 atom stereocenters. The molecule has 0 aromatic carbocycles. The zero-order valence-electron chi connectivity index (χ0n) is 33.0. The summed E-state index contributed by atoms with van der Waals surface area (Å²) < 4.78 is 28.6. The number of carbonyl (C=O) groups excluding carboxylic acids is 1. The summed E-state index contributed by atoms with van der Waals surface area (Å²) in [5.74, 6) is -3.21. The molecule has 2 aliphatic rings. The second-order valence-electron chi connectivity index (χ2n) is 17.2. The second kappa shape index (κ2) is 16.5. The van der Waals surface area contributed by atoms with E-state index in [1.165, 1.54) is 23.0 Å². The maximum absolute atomic E-state index is 13.9. The van der Waals surface area contributed by atoms with Gasteiger partial charge in [-0.1, -0.05) is 46.7 Å². The Morgan fingerprint density at radius 2 is 1.27 bits per heavy atom. The number of carbonyl (C=O) groups is 2. The van der Waals surface area contributed by atoms with Crippen molar-refractivity contribution >= 4 is 28.5 Å². The second-order valence-corrected chi connectivity index (χ2v) is 26.7. The molecule has 0 saturated carbocycles. The highest BCUT2D eigenvalue weighted by Crippen LogP contribution is 2.46. The lowest BCUT2D eigenvalue weighted by Gasteiger charge is -2.41. The summed E-state index contributed by atoms with van der Waals surface area (Å²) in [7, 11) is -5.24. The molecule has 0 aliphatic carbocycles. The van der Waals surface area contributed by atoms with E-state index in [1.807, 2.05) is 67.7 Å². The number of hydrogen-bond acceptors (Lipinski definition) is 11. The highest BCUT2D eigenvalue weighted by atomic mass is 28.4. The molecular formula is C34H54N8O11Si2. The number of ether oxygens (including phenoxy) is 2. The first kappa shape index (κ1) is 43.6. The predicted octanol–water partition coefficient (Wildman–Crippen LogP) is 3.19. The van der Waals surface area contributed by atoms with Crippen LogP contribution in [-0.2, 0) is 27.9 Å². The maximum atomic E-state index is 13.9. The SMILES string of the molecule is CC(C)(C)[Si](C)(C)O[C@@H]1[C@H](CC(=O)NC[C@H]2O[C@@H](n3ccc(=O)[nH]c3=O)[C@H](O[Si](C)(C)C(C)(C)C)[C@@H]2CC(=O)O)[C@@H](CN=[N+]=[N-])O[C@H]1n1ccc(=O)[nH]c1=O. The molecule has 2 saturated heterocycles. The average Bonchev–Trinajstić information content (AvgIpc) is 3.53. The van der Waals surface area contributed by atoms with Crippen LogP contribution in [0.1, 0.15) is 66.8 Å². The van der Waals surface area contributed by atoms with E-state index in [0.29, 0.717) is 0 Å². The Balaban J connectivity index is 1.68. The van der Waals surface area contributed by atoms with Crippen molar-refractivity contribution in [2.24, 2.45) is 17.0 Å². The topological polar surface area (TPSA) is 262 Å². The van der Waals surface area contributed by atoms with Gasteiger partial charge in [-0.05, 0) is 41.8 Å². The van der Waals surface area contributed by atoms with Crippen LogP contribution in [0, 0.1) is 11.8 Å². The molecule has 0 spiro atoms. The molecule has 0 bridgehead atoms. The summed E-state index contributed by atoms with van der Waals surface area (Å²) in [5.41, 5.74) is 6.43. The highest BCUT2D eigenvalue weighted by Gasteiger charge is 2.53. The summed E-state index contributed by atoms with van der Waals surface area (Å²) in [6, 6.07) is 2.32. The smallest absolute Gasteiger partial charge is 0.330 e. The fourth-order valence-corrected chi connectivity index (χ4v) is 8.93. The Morgan fingerprint density at radius 3 is 1.67 bits per heavy atom. The van der Waals surface area contributed by atoms with Gasteiger partial charge in [-0.2, -0.15) is 0 Å². The molecule has 4 rings (SSSR count). The van der Waals surface area contributed by atoms with E-state index in [4.69, 9.17) is 18.3 Å². The van der Waals surface area contributed by atoms with Crippen molar-refractivity contribution in [2.75, 3.05) is 13.1 Å². The van der Waals surface area contributed by atoms with Gasteiger partial charge < -0.3 is 28.7 Å². The molecule has 1 amide bonds. The molecule has 4 heterocycles. The number of aromatic nitrogens is 4. The van der Waals surface area contributed by atoms with Crippen LogP contribution in [0.2, 0.25) is 36.3 Å². The monoisotopic (exact) mass is 806 g/mol. The average molecular weight is 807 g/mol. The Morgan fingerprint density at radius 1 is 0.836 bits per heavy atom. The van der Waals surface area contributed by atoms with Gasteiger partial charge in [0.15, 0.2) is 29.1 Å². The van der Waals surface area contributed by atoms with Gasteiger partial charge in [0.25, 0.3) is 11.1 Å². The minimum absolute atomic E-state index is 0.173. The molecule has 19 nitrogen and oxygen atoms in total. The predicted molar refractivity (Wildman–Crippen MR) is 205 cm³/mol. The Bertz CT molecular complexity index is 2010. The van der Waals surface area contributed by atoms with Gasteiger partial charge in [0.2, 0.25) is 5.91 Å². The first-order chi connectivity index (χ1) is 25.4. The normalized spacial score (nSPS) is 26.1. The van der Waals surface area contributed by atoms with E-state index < -0.39 is 106 Å². The number of nitrogens with zero attached hydrogens (tertiary/aromatic N) is 5. The van der Waals surface area contributed by atoms with E-state index >= 15 is 0 Å². The van der Waals surface area contributed by atoms with Crippen molar-refractivity contribution in [3.8, 4) is 0 Å². The van der Waals surface area contributed by atoms with E-state index in [0.717, 1.165) is 10.6 Å². The standard InChI is InChI=1S/C34H54N8O11Si2/c1-33(2,3)54(7,8)52-27-19(22(18-37-40-35)51-29(27)41-13-11-23(43)38-31(41)48)15-25(45)36-17-21-20(16-26(46)47)28(53-55(9,10)34(4,5)6)30(50-21)42-14-12-24(44)39-32(42)49/h11-14,19-22,27-30H,15-18H2,1-10H3,(H,36,45)(H,46,47)(H,38,43,48)(H,39,44,49)/t19-,20-,21-,22-,27-,28-,29-,30-/m1/s1. The lowest BCUT2D eigenvalue weighted by atomic mass is 9.92. The summed E-state index contributed by atoms with van der Waals surface area (Å²) in [6.45, 7) is 19.8. The molecule has 2 aromatic rings. The third kappa shape index (κ3) is 10.0. The van der Waals surface area contributed by atoms with Crippen molar-refractivity contribution in [1.82, 2.24) is 24.4 Å². The number of carboxylic acids is 1. The summed E-state index contributed by atoms with van der Waals surface area (Å²) in [5, 5.41) is 16.0. The number of azide groups is 1. The van der Waals surface area contributed by atoms with Crippen molar-refractivity contribution in [2.45, 2.75) is 128 Å². The van der Waals surface area contributed by atoms with Crippen molar-refractivity contribution in [1.29, 1.82) is 0 Å². The quantitative estimate of drug-likeness (QED) is 0.0933. The molecule has 2 aromatic heterocycles. The molecular weight excluding hydrogens is 753 g/mol. The number of carboxylic acid groups (broad SMARTS) is 1. The Labute approximate surface area is 319 Å². The third-order valence-corrected chi connectivity index (χ3v) is 20.3. The Kier molecular flexibility index (Phi) is 13.1. The summed E-state index contributed by atoms with van der Waals surface area (Å²) in [4.78, 5) is 83.3. The molecule has 21 heteroatoms. The van der Waals surface area contributed by atoms with Crippen LogP contribution in [0.15, 0.2) is 48.8 Å². The van der Waals surface area contributed by atoms with Gasteiger partial charge in [0, 0.05) is 54.2 Å². The maximum Gasteiger partial charge on any atom is 0.330 e. The highest BCUT2D eigenvalue weighted by molar-refractivity contribution is 6.74. The summed E-state index contributed by atoms with van der Waals surface area (Å²) in [6.07, 6.45) is -3.92. The van der Waals surface area contributed by atoms with Gasteiger partial charge in [-0.3, -0.25) is 38.3 Å². The lowest BCUT2D eigenvalue weighted by molar-refractivity contribution is -0.139. The van der Waals surface area contributed by atoms with Crippen LogP contribution in [-0.4, -0.2) is 90.2 Å². The van der Waals surface area contributed by atoms with Gasteiger partial charge in [-0.25, -0.2) is 9.59 Å². The minimum atomic E-state index is -2.62. The molecule has 304 valence electrons. The van der Waals surface area contributed by atoms with E-state index in [2.05, 4.69) is 25.3 Å². The van der Waals surface area contributed by atoms with Crippen molar-refractivity contribution in [3.63, 3.8) is 0 Å². The molecule has 2 aliphatic heterocycles. The van der Waals surface area contributed by atoms with Crippen LogP contribution in [0.25, 0.3) is 10.4 Å². The van der Waals surface area contributed by atoms with Crippen LogP contribution in [0.3, 0.4) is 0 Å². The van der Waals surface area contributed by atoms with Crippen molar-refractivity contribution < 1.29 is 33.0 Å². The van der Waals surface area contributed by atoms with Crippen LogP contribution < -0.4 is 27.8 Å². The fourth-order valence-electron chi connectivity index (χ4n) is 6.28. The van der Waals surface area contributed by atoms with Crippen LogP contribution in [0.5, 0.6) is 0 Å². The Hall–Kier alpha value is -4.12. The van der Waals surface area contributed by atoms with Crippen molar-refractivity contribution in [3.05, 3.63) is 76.6 Å². The number of nitrogens with one attached hydrogen (secondary N) is 3. The van der Waals surface area contributed by atoms with Gasteiger partial charge in [0.1, 0.15) is 0 Å². The van der Waals surface area contributed by atoms with Gasteiger partial charge in [0.05, 0.1) is 37.4 Å². The number of aromatic amines is 2. The molecule has 0 radical (unpaired) electrons. The molecule has 2 fully saturated rings. The summed E-state index contributed by atoms with van der Waals surface area (Å²) >= 11 is 0. The zero-order valence-corrected chi connectivity index (χ0v) is 35.0. The first-order valence-electron chi connectivity index (χ1n) is 18.2.